The number of hydrazine groups is 1. The molecular weight excluding hydrogens is 178 g/mol. The lowest BCUT2D eigenvalue weighted by Gasteiger charge is -2.41. The third-order valence-corrected chi connectivity index (χ3v) is 2.17. The Kier molecular flexibility index (Phi) is 2.84. The fraction of sp³-hybridized carbons (Fsp3) is 0.833. The number of hydrogen-bond acceptors (Lipinski definition) is 6. The van der Waals surface area contributed by atoms with Crippen molar-refractivity contribution >= 4 is 5.84 Å². The van der Waals surface area contributed by atoms with E-state index in [2.05, 4.69) is 0 Å². The number of piperidine rings is 1. The van der Waals surface area contributed by atoms with Gasteiger partial charge in [-0.2, -0.15) is 0 Å². The molecule has 0 aromatic rings. The average molecular weight is 191 g/mol. The Balaban J connectivity index is 2.85. The van der Waals surface area contributed by atoms with Crippen LogP contribution in [0, 0.1) is 5.41 Å². The van der Waals surface area contributed by atoms with E-state index in [4.69, 9.17) is 21.5 Å². The highest BCUT2D eigenvalue weighted by Crippen LogP contribution is 2.16. The number of nitrogens with zero attached hydrogens (tertiary/aromatic N) is 1. The van der Waals surface area contributed by atoms with Gasteiger partial charge in [0.15, 0.2) is 0 Å². The quantitative estimate of drug-likeness (QED) is 0.239. The van der Waals surface area contributed by atoms with Crippen LogP contribution in [0.1, 0.15) is 0 Å². The zero-order valence-electron chi connectivity index (χ0n) is 6.83. The maximum absolute atomic E-state index is 9.31. The van der Waals surface area contributed by atoms with Crippen LogP contribution in [0.15, 0.2) is 0 Å². The summed E-state index contributed by atoms with van der Waals surface area (Å²) in [6.07, 6.45) is -4.36. The van der Waals surface area contributed by atoms with Gasteiger partial charge in [0.25, 0.3) is 0 Å². The zero-order chi connectivity index (χ0) is 10.2. The summed E-state index contributed by atoms with van der Waals surface area (Å²) in [5.74, 6) is 4.87. The van der Waals surface area contributed by atoms with E-state index in [1.165, 1.54) is 0 Å². The van der Waals surface area contributed by atoms with Crippen LogP contribution in [0.3, 0.4) is 0 Å². The van der Waals surface area contributed by atoms with Crippen molar-refractivity contribution in [2.75, 3.05) is 6.61 Å². The summed E-state index contributed by atoms with van der Waals surface area (Å²) in [7, 11) is 0. The molecule has 7 nitrogen and oxygen atoms in total. The van der Waals surface area contributed by atoms with Gasteiger partial charge in [-0.3, -0.25) is 10.4 Å². The number of rotatable bonds is 1. The van der Waals surface area contributed by atoms with Crippen molar-refractivity contribution < 1.29 is 20.4 Å². The fourth-order valence-corrected chi connectivity index (χ4v) is 1.27. The van der Waals surface area contributed by atoms with Crippen molar-refractivity contribution in [1.82, 2.24) is 5.01 Å². The van der Waals surface area contributed by atoms with Crippen molar-refractivity contribution in [3.8, 4) is 0 Å². The molecule has 4 atom stereocenters. The number of aliphatic hydroxyl groups excluding tert-OH is 4. The summed E-state index contributed by atoms with van der Waals surface area (Å²) in [6, 6.07) is -0.953. The van der Waals surface area contributed by atoms with Crippen molar-refractivity contribution in [2.24, 2.45) is 5.84 Å². The Morgan fingerprint density at radius 2 is 1.85 bits per heavy atom. The van der Waals surface area contributed by atoms with Crippen molar-refractivity contribution in [1.29, 1.82) is 5.41 Å². The summed E-state index contributed by atoms with van der Waals surface area (Å²) in [5, 5.41) is 44.4. The first-order valence-corrected chi connectivity index (χ1v) is 3.78. The number of amidine groups is 1. The maximum Gasteiger partial charge on any atom is 0.143 e. The van der Waals surface area contributed by atoms with E-state index >= 15 is 0 Å². The van der Waals surface area contributed by atoms with Crippen molar-refractivity contribution in [2.45, 2.75) is 24.4 Å². The van der Waals surface area contributed by atoms with Crippen molar-refractivity contribution in [3.05, 3.63) is 0 Å². The third-order valence-electron chi connectivity index (χ3n) is 2.17. The second-order valence-corrected chi connectivity index (χ2v) is 2.97. The third kappa shape index (κ3) is 1.52. The maximum atomic E-state index is 9.31. The van der Waals surface area contributed by atoms with Gasteiger partial charge in [0, 0.05) is 0 Å². The molecule has 0 aliphatic carbocycles. The minimum Gasteiger partial charge on any atom is -0.394 e. The topological polar surface area (TPSA) is 134 Å². The van der Waals surface area contributed by atoms with E-state index in [1.807, 2.05) is 0 Å². The monoisotopic (exact) mass is 191 g/mol. The highest BCUT2D eigenvalue weighted by molar-refractivity contribution is 5.85. The van der Waals surface area contributed by atoms with Crippen LogP contribution in [0.25, 0.3) is 0 Å². The molecule has 0 amide bonds. The molecule has 1 heterocycles. The van der Waals surface area contributed by atoms with Gasteiger partial charge < -0.3 is 20.4 Å². The summed E-state index contributed by atoms with van der Waals surface area (Å²) in [5.41, 5.74) is 0. The fourth-order valence-electron chi connectivity index (χ4n) is 1.27. The molecule has 13 heavy (non-hydrogen) atoms. The van der Waals surface area contributed by atoms with E-state index in [0.717, 1.165) is 5.01 Å². The lowest BCUT2D eigenvalue weighted by molar-refractivity contribution is -0.0972. The molecule has 0 unspecified atom stereocenters. The molecule has 1 fully saturated rings. The van der Waals surface area contributed by atoms with E-state index < -0.39 is 36.8 Å². The molecule has 1 aliphatic rings. The number of nitrogens with one attached hydrogen (secondary N) is 1. The molecular formula is C6H13N3O4. The number of nitrogens with two attached hydrogens (primary N) is 1. The SMILES string of the molecule is N=C1[C@H](O)[C@@H](O)[C@H](O)[C@H](CO)N1N. The highest BCUT2D eigenvalue weighted by atomic mass is 16.4. The van der Waals surface area contributed by atoms with Crippen LogP contribution >= 0.6 is 0 Å². The molecule has 1 rings (SSSR count). The molecule has 76 valence electrons. The number of aliphatic hydroxyl groups is 4. The lowest BCUT2D eigenvalue weighted by atomic mass is 9.95. The molecule has 7 N–H and O–H groups in total. The second-order valence-electron chi connectivity index (χ2n) is 2.97. The molecule has 7 heteroatoms. The largest absolute Gasteiger partial charge is 0.394 e. The molecule has 0 radical (unpaired) electrons. The second kappa shape index (κ2) is 3.56. The number of hydrogen-bond donors (Lipinski definition) is 6. The van der Waals surface area contributed by atoms with Crippen LogP contribution in [0.5, 0.6) is 0 Å². The Morgan fingerprint density at radius 3 is 2.31 bits per heavy atom. The Bertz CT molecular complexity index is 212. The van der Waals surface area contributed by atoms with Crippen LogP contribution in [0.2, 0.25) is 0 Å². The normalized spacial score (nSPS) is 41.0. The predicted octanol–water partition coefficient (Wildman–Crippen LogP) is -3.40. The molecule has 0 saturated carbocycles. The van der Waals surface area contributed by atoms with E-state index in [9.17, 15) is 10.2 Å². The van der Waals surface area contributed by atoms with Gasteiger partial charge in [0.1, 0.15) is 24.1 Å². The van der Waals surface area contributed by atoms with Crippen LogP contribution in [0.4, 0.5) is 0 Å². The van der Waals surface area contributed by atoms with Gasteiger partial charge >= 0.3 is 0 Å². The molecule has 0 bridgehead atoms. The van der Waals surface area contributed by atoms with E-state index in [-0.39, 0.29) is 0 Å². The van der Waals surface area contributed by atoms with Gasteiger partial charge in [0.05, 0.1) is 12.6 Å². The van der Waals surface area contributed by atoms with Crippen molar-refractivity contribution in [3.63, 3.8) is 0 Å². The van der Waals surface area contributed by atoms with Crippen LogP contribution in [-0.4, -0.2) is 62.2 Å². The van der Waals surface area contributed by atoms with E-state index in [1.54, 1.807) is 0 Å². The first kappa shape index (κ1) is 10.4. The molecule has 0 spiro atoms. The van der Waals surface area contributed by atoms with Gasteiger partial charge in [-0.05, 0) is 0 Å². The smallest absolute Gasteiger partial charge is 0.143 e. The summed E-state index contributed by atoms with van der Waals surface area (Å²) in [6.45, 7) is -0.496. The summed E-state index contributed by atoms with van der Waals surface area (Å²) >= 11 is 0. The predicted molar refractivity (Wildman–Crippen MR) is 42.6 cm³/mol. The molecule has 1 aliphatic heterocycles. The Labute approximate surface area is 74.5 Å². The van der Waals surface area contributed by atoms with Gasteiger partial charge in [0.2, 0.25) is 0 Å². The molecule has 0 aromatic heterocycles. The van der Waals surface area contributed by atoms with Crippen LogP contribution in [-0.2, 0) is 0 Å². The zero-order valence-corrected chi connectivity index (χ0v) is 6.83. The average Bonchev–Trinajstić information content (AvgIpc) is 2.13. The molecule has 1 saturated heterocycles. The van der Waals surface area contributed by atoms with Gasteiger partial charge in [-0.15, -0.1) is 0 Å². The lowest BCUT2D eigenvalue weighted by Crippen LogP contribution is -2.67. The van der Waals surface area contributed by atoms with E-state index in [0.29, 0.717) is 0 Å². The van der Waals surface area contributed by atoms with Gasteiger partial charge in [-0.25, -0.2) is 5.84 Å². The first-order chi connectivity index (χ1) is 6.00. The Morgan fingerprint density at radius 1 is 1.31 bits per heavy atom. The first-order valence-electron chi connectivity index (χ1n) is 3.78. The van der Waals surface area contributed by atoms with Gasteiger partial charge in [-0.1, -0.05) is 0 Å². The standard InChI is InChI=1S/C6H13N3O4/c7-6-5(13)4(12)3(11)2(1-10)9(6)8/h2-5,7,10-13H,1,8H2/t2-,3+,4-,5+/m0/s1. The minimum absolute atomic E-state index is 0.420. The summed E-state index contributed by atoms with van der Waals surface area (Å²) in [4.78, 5) is 0. The summed E-state index contributed by atoms with van der Waals surface area (Å²) < 4.78 is 0. The Hall–Kier alpha value is -0.730. The van der Waals surface area contributed by atoms with Crippen LogP contribution < -0.4 is 5.84 Å². The highest BCUT2D eigenvalue weighted by Gasteiger charge is 2.43. The molecule has 0 aromatic carbocycles. The minimum atomic E-state index is -1.51.